The zero-order valence-electron chi connectivity index (χ0n) is 9.86. The van der Waals surface area contributed by atoms with E-state index in [0.29, 0.717) is 0 Å². The molecule has 0 saturated heterocycles. The second-order valence-electron chi connectivity index (χ2n) is 3.64. The van der Waals surface area contributed by atoms with Crippen molar-refractivity contribution in [2.45, 2.75) is 27.2 Å². The van der Waals surface area contributed by atoms with Crippen LogP contribution < -0.4 is 0 Å². The van der Waals surface area contributed by atoms with Crippen molar-refractivity contribution in [3.05, 3.63) is 0 Å². The van der Waals surface area contributed by atoms with Crippen LogP contribution in [-0.4, -0.2) is 25.2 Å². The third-order valence-electron chi connectivity index (χ3n) is 1.99. The Bertz CT molecular complexity index is 280. The van der Waals surface area contributed by atoms with Crippen LogP contribution in [0.1, 0.15) is 27.2 Å². The van der Waals surface area contributed by atoms with E-state index in [4.69, 9.17) is 10.00 Å². The monoisotopic (exact) mass is 227 g/mol. The number of nitriles is 1. The molecule has 0 fully saturated rings. The van der Waals surface area contributed by atoms with Crippen LogP contribution in [0.25, 0.3) is 0 Å². The first-order valence-corrected chi connectivity index (χ1v) is 5.22. The van der Waals surface area contributed by atoms with Gasteiger partial charge in [-0.3, -0.25) is 9.59 Å². The average molecular weight is 227 g/mol. The number of rotatable bonds is 6. The number of carbonyl (C=O) groups is 2. The lowest BCUT2D eigenvalue weighted by atomic mass is 9.99. The molecule has 5 nitrogen and oxygen atoms in total. The third-order valence-corrected chi connectivity index (χ3v) is 1.99. The van der Waals surface area contributed by atoms with E-state index in [1.165, 1.54) is 0 Å². The third kappa shape index (κ3) is 6.02. The Morgan fingerprint density at radius 1 is 1.25 bits per heavy atom. The minimum Gasteiger partial charge on any atom is -0.466 e. The molecule has 0 aliphatic carbocycles. The van der Waals surface area contributed by atoms with Gasteiger partial charge in [-0.1, -0.05) is 13.8 Å². The van der Waals surface area contributed by atoms with Crippen LogP contribution in [-0.2, 0) is 19.1 Å². The van der Waals surface area contributed by atoms with Crippen LogP contribution >= 0.6 is 0 Å². The number of esters is 2. The fourth-order valence-corrected chi connectivity index (χ4v) is 0.942. The van der Waals surface area contributed by atoms with E-state index in [1.54, 1.807) is 6.92 Å². The van der Waals surface area contributed by atoms with E-state index >= 15 is 0 Å². The smallest absolute Gasteiger partial charge is 0.317 e. The minimum atomic E-state index is -0.653. The molecule has 0 aliphatic heterocycles. The highest BCUT2D eigenvalue weighted by atomic mass is 16.6. The Kier molecular flexibility index (Phi) is 6.93. The molecule has 90 valence electrons. The molecule has 16 heavy (non-hydrogen) atoms. The van der Waals surface area contributed by atoms with Gasteiger partial charge in [0.2, 0.25) is 0 Å². The van der Waals surface area contributed by atoms with Crippen LogP contribution in [0.15, 0.2) is 0 Å². The summed E-state index contributed by atoms with van der Waals surface area (Å²) in [7, 11) is 0. The Hall–Kier alpha value is -1.57. The summed E-state index contributed by atoms with van der Waals surface area (Å²) in [6, 6.07) is 2.04. The molecule has 0 aliphatic rings. The standard InChI is InChI=1S/C11H17NO4/c1-4-15-10(13)5-11(14)16-7-9(6-12)8(2)3/h8-9H,4-5,7H2,1-3H3. The van der Waals surface area contributed by atoms with Crippen LogP contribution in [0.5, 0.6) is 0 Å². The highest BCUT2D eigenvalue weighted by molar-refractivity contribution is 5.91. The van der Waals surface area contributed by atoms with Gasteiger partial charge in [0.05, 0.1) is 18.6 Å². The quantitative estimate of drug-likeness (QED) is 0.504. The van der Waals surface area contributed by atoms with Crippen molar-refractivity contribution in [1.29, 1.82) is 5.26 Å². The second kappa shape index (κ2) is 7.69. The van der Waals surface area contributed by atoms with Crippen molar-refractivity contribution in [1.82, 2.24) is 0 Å². The molecule has 0 aromatic carbocycles. The van der Waals surface area contributed by atoms with Gasteiger partial charge in [0.25, 0.3) is 0 Å². The predicted octanol–water partition coefficient (Wildman–Crippen LogP) is 1.28. The van der Waals surface area contributed by atoms with Crippen LogP contribution in [0.2, 0.25) is 0 Å². The average Bonchev–Trinajstić information content (AvgIpc) is 2.18. The van der Waals surface area contributed by atoms with Gasteiger partial charge in [-0.25, -0.2) is 0 Å². The first-order valence-electron chi connectivity index (χ1n) is 5.22. The SMILES string of the molecule is CCOC(=O)CC(=O)OCC(C#N)C(C)C. The molecule has 0 aromatic heterocycles. The van der Waals surface area contributed by atoms with E-state index < -0.39 is 18.4 Å². The van der Waals surface area contributed by atoms with Crippen LogP contribution in [0.4, 0.5) is 0 Å². The molecule has 5 heteroatoms. The molecule has 0 radical (unpaired) electrons. The van der Waals surface area contributed by atoms with Gasteiger partial charge in [0.15, 0.2) is 0 Å². The van der Waals surface area contributed by atoms with E-state index in [-0.39, 0.29) is 25.0 Å². The van der Waals surface area contributed by atoms with Crippen molar-refractivity contribution < 1.29 is 19.1 Å². The van der Waals surface area contributed by atoms with E-state index in [9.17, 15) is 9.59 Å². The summed E-state index contributed by atoms with van der Waals surface area (Å²) in [6.07, 6.45) is -0.399. The molecule has 1 unspecified atom stereocenters. The fraction of sp³-hybridized carbons (Fsp3) is 0.727. The largest absolute Gasteiger partial charge is 0.466 e. The highest BCUT2D eigenvalue weighted by Gasteiger charge is 2.17. The lowest BCUT2D eigenvalue weighted by molar-refractivity contribution is -0.154. The topological polar surface area (TPSA) is 76.4 Å². The molecule has 0 N–H and O–H groups in total. The summed E-state index contributed by atoms with van der Waals surface area (Å²) in [5.41, 5.74) is 0. The van der Waals surface area contributed by atoms with Crippen molar-refractivity contribution in [2.75, 3.05) is 13.2 Å². The van der Waals surface area contributed by atoms with Gasteiger partial charge >= 0.3 is 11.9 Å². The summed E-state index contributed by atoms with van der Waals surface area (Å²) in [4.78, 5) is 22.1. The molecule has 0 spiro atoms. The van der Waals surface area contributed by atoms with E-state index in [2.05, 4.69) is 4.74 Å². The summed E-state index contributed by atoms with van der Waals surface area (Å²) in [6.45, 7) is 5.65. The van der Waals surface area contributed by atoms with Gasteiger partial charge in [-0.2, -0.15) is 5.26 Å². The highest BCUT2D eigenvalue weighted by Crippen LogP contribution is 2.10. The maximum absolute atomic E-state index is 11.1. The number of carbonyl (C=O) groups excluding carboxylic acids is 2. The fourth-order valence-electron chi connectivity index (χ4n) is 0.942. The maximum Gasteiger partial charge on any atom is 0.317 e. The number of ether oxygens (including phenoxy) is 2. The van der Waals surface area contributed by atoms with Crippen molar-refractivity contribution in [3.8, 4) is 6.07 Å². The maximum atomic E-state index is 11.1. The van der Waals surface area contributed by atoms with E-state index in [0.717, 1.165) is 0 Å². The Morgan fingerprint density at radius 2 is 1.81 bits per heavy atom. The Labute approximate surface area is 95.3 Å². The van der Waals surface area contributed by atoms with Gasteiger partial charge in [0, 0.05) is 0 Å². The summed E-state index contributed by atoms with van der Waals surface area (Å²) < 4.78 is 9.40. The Balaban J connectivity index is 3.90. The van der Waals surface area contributed by atoms with E-state index in [1.807, 2.05) is 19.9 Å². The zero-order valence-corrected chi connectivity index (χ0v) is 9.86. The van der Waals surface area contributed by atoms with Gasteiger partial charge in [0.1, 0.15) is 13.0 Å². The van der Waals surface area contributed by atoms with Crippen molar-refractivity contribution in [3.63, 3.8) is 0 Å². The summed E-state index contributed by atoms with van der Waals surface area (Å²) in [5, 5.41) is 8.74. The number of nitrogens with zero attached hydrogens (tertiary/aromatic N) is 1. The predicted molar refractivity (Wildman–Crippen MR) is 56.2 cm³/mol. The molecule has 0 rings (SSSR count). The minimum absolute atomic E-state index is 0.0202. The first-order chi connectivity index (χ1) is 7.51. The molecular weight excluding hydrogens is 210 g/mol. The molecule has 0 heterocycles. The van der Waals surface area contributed by atoms with Gasteiger partial charge in [-0.15, -0.1) is 0 Å². The lowest BCUT2D eigenvalue weighted by Gasteiger charge is -2.12. The normalized spacial score (nSPS) is 11.7. The van der Waals surface area contributed by atoms with Gasteiger partial charge < -0.3 is 9.47 Å². The molecule has 1 atom stereocenters. The van der Waals surface area contributed by atoms with Crippen LogP contribution in [0, 0.1) is 23.2 Å². The lowest BCUT2D eigenvalue weighted by Crippen LogP contribution is -2.19. The van der Waals surface area contributed by atoms with Crippen molar-refractivity contribution >= 4 is 11.9 Å². The molecular formula is C11H17NO4. The van der Waals surface area contributed by atoms with Crippen LogP contribution in [0.3, 0.4) is 0 Å². The van der Waals surface area contributed by atoms with Gasteiger partial charge in [-0.05, 0) is 12.8 Å². The molecule has 0 aromatic rings. The molecule has 0 amide bonds. The Morgan fingerprint density at radius 3 is 2.25 bits per heavy atom. The summed E-state index contributed by atoms with van der Waals surface area (Å²) >= 11 is 0. The first kappa shape index (κ1) is 14.4. The molecule has 0 bridgehead atoms. The zero-order chi connectivity index (χ0) is 12.6. The molecule has 0 saturated carbocycles. The summed E-state index contributed by atoms with van der Waals surface area (Å²) in [5.74, 6) is -1.49. The number of hydrogen-bond donors (Lipinski definition) is 0. The second-order valence-corrected chi connectivity index (χ2v) is 3.64. The number of hydrogen-bond acceptors (Lipinski definition) is 5. The van der Waals surface area contributed by atoms with Crippen molar-refractivity contribution in [2.24, 2.45) is 11.8 Å².